The molecule has 2 aromatic carbocycles. The minimum absolute atomic E-state index is 0.0737. The van der Waals surface area contributed by atoms with Gasteiger partial charge in [-0.2, -0.15) is 13.2 Å². The van der Waals surface area contributed by atoms with Crippen LogP contribution in [0, 0.1) is 0 Å². The minimum Gasteiger partial charge on any atom is -0.508 e. The zero-order valence-corrected chi connectivity index (χ0v) is 14.4. The summed E-state index contributed by atoms with van der Waals surface area (Å²) in [7, 11) is 0. The maximum absolute atomic E-state index is 12.8. The third-order valence-electron chi connectivity index (χ3n) is 4.36. The predicted octanol–water partition coefficient (Wildman–Crippen LogP) is 4.73. The van der Waals surface area contributed by atoms with Gasteiger partial charge in [0, 0.05) is 5.69 Å². The first-order valence-corrected chi connectivity index (χ1v) is 8.24. The summed E-state index contributed by atoms with van der Waals surface area (Å²) >= 11 is 0. The van der Waals surface area contributed by atoms with Crippen molar-refractivity contribution in [1.82, 2.24) is 4.98 Å². The van der Waals surface area contributed by atoms with Gasteiger partial charge in [-0.1, -0.05) is 19.1 Å². The van der Waals surface area contributed by atoms with E-state index in [0.717, 1.165) is 12.1 Å². The van der Waals surface area contributed by atoms with Crippen molar-refractivity contribution in [2.45, 2.75) is 19.5 Å². The average Bonchev–Trinajstić information content (AvgIpc) is 3.01. The van der Waals surface area contributed by atoms with E-state index in [1.165, 1.54) is 24.3 Å². The van der Waals surface area contributed by atoms with Crippen LogP contribution < -0.4 is 5.73 Å². The second kappa shape index (κ2) is 6.83. The van der Waals surface area contributed by atoms with Gasteiger partial charge in [0.2, 0.25) is 0 Å². The maximum Gasteiger partial charge on any atom is 0.416 e. The number of halogens is 3. The molecule has 0 saturated carbocycles. The summed E-state index contributed by atoms with van der Waals surface area (Å²) < 4.78 is 38.4. The number of carbonyl (C=O) groups is 1. The number of H-pyrrole nitrogens is 1. The van der Waals surface area contributed by atoms with Gasteiger partial charge in [0.25, 0.3) is 5.91 Å². The third-order valence-corrected chi connectivity index (χ3v) is 4.36. The lowest BCUT2D eigenvalue weighted by Crippen LogP contribution is -2.13. The molecule has 27 heavy (non-hydrogen) atoms. The van der Waals surface area contributed by atoms with Crippen molar-refractivity contribution >= 4 is 5.91 Å². The highest BCUT2D eigenvalue weighted by atomic mass is 19.4. The Morgan fingerprint density at radius 1 is 1.00 bits per heavy atom. The zero-order valence-electron chi connectivity index (χ0n) is 14.4. The fourth-order valence-electron chi connectivity index (χ4n) is 3.08. The molecule has 1 amide bonds. The van der Waals surface area contributed by atoms with Gasteiger partial charge in [0.05, 0.1) is 16.8 Å². The molecule has 0 spiro atoms. The van der Waals surface area contributed by atoms with Gasteiger partial charge >= 0.3 is 6.18 Å². The maximum atomic E-state index is 12.8. The molecule has 0 bridgehead atoms. The van der Waals surface area contributed by atoms with Crippen LogP contribution in [-0.2, 0) is 12.6 Å². The van der Waals surface area contributed by atoms with E-state index < -0.39 is 17.6 Å². The Labute approximate surface area is 153 Å². The number of rotatable bonds is 4. The van der Waals surface area contributed by atoms with Crippen LogP contribution in [0.3, 0.4) is 0 Å². The second-order valence-corrected chi connectivity index (χ2v) is 6.07. The number of hydrogen-bond acceptors (Lipinski definition) is 2. The molecular weight excluding hydrogens is 357 g/mol. The number of nitrogens with one attached hydrogen (secondary N) is 1. The number of hydrogen-bond donors (Lipinski definition) is 3. The highest BCUT2D eigenvalue weighted by Gasteiger charge is 2.30. The van der Waals surface area contributed by atoms with Crippen LogP contribution in [-0.4, -0.2) is 16.0 Å². The van der Waals surface area contributed by atoms with Gasteiger partial charge in [0.1, 0.15) is 5.75 Å². The standard InChI is InChI=1S/C20H17F3N2O2/c1-2-15-16(19(24)27)18(12-5-9-14(26)10-6-12)25-17(15)11-3-7-13(8-4-11)20(21,22)23/h3-10,25-26H,2H2,1H3,(H2,24,27). The molecule has 0 saturated heterocycles. The lowest BCUT2D eigenvalue weighted by Gasteiger charge is -2.08. The Kier molecular flexibility index (Phi) is 4.70. The number of phenolic OH excluding ortho intramolecular Hbond substituents is 1. The van der Waals surface area contributed by atoms with E-state index in [1.54, 1.807) is 12.1 Å². The van der Waals surface area contributed by atoms with Crippen molar-refractivity contribution in [3.8, 4) is 28.3 Å². The van der Waals surface area contributed by atoms with E-state index in [9.17, 15) is 23.1 Å². The summed E-state index contributed by atoms with van der Waals surface area (Å²) in [4.78, 5) is 15.2. The van der Waals surface area contributed by atoms with E-state index in [2.05, 4.69) is 4.98 Å². The summed E-state index contributed by atoms with van der Waals surface area (Å²) in [6.07, 6.45) is -3.96. The van der Waals surface area contributed by atoms with E-state index in [-0.39, 0.29) is 11.3 Å². The molecule has 1 aromatic heterocycles. The van der Waals surface area contributed by atoms with Gasteiger partial charge in [-0.25, -0.2) is 0 Å². The molecule has 3 rings (SSSR count). The normalized spacial score (nSPS) is 11.6. The number of carbonyl (C=O) groups excluding carboxylic acids is 1. The number of phenols is 1. The van der Waals surface area contributed by atoms with Gasteiger partial charge in [-0.15, -0.1) is 0 Å². The SMILES string of the molecule is CCc1c(-c2ccc(C(F)(F)F)cc2)[nH]c(-c2ccc(O)cc2)c1C(N)=O. The molecule has 3 aromatic rings. The number of amides is 1. The van der Waals surface area contributed by atoms with E-state index in [0.29, 0.717) is 34.5 Å². The van der Waals surface area contributed by atoms with Gasteiger partial charge < -0.3 is 15.8 Å². The van der Waals surface area contributed by atoms with Gasteiger partial charge in [-0.05, 0) is 59.5 Å². The molecular formula is C20H17F3N2O2. The van der Waals surface area contributed by atoms with Crippen LogP contribution in [0.2, 0.25) is 0 Å². The third kappa shape index (κ3) is 3.53. The van der Waals surface area contributed by atoms with Crippen LogP contribution in [0.4, 0.5) is 13.2 Å². The first kappa shape index (κ1) is 18.6. The Morgan fingerprint density at radius 3 is 2.00 bits per heavy atom. The van der Waals surface area contributed by atoms with Crippen LogP contribution in [0.15, 0.2) is 48.5 Å². The monoisotopic (exact) mass is 374 g/mol. The summed E-state index contributed by atoms with van der Waals surface area (Å²) in [6.45, 7) is 1.84. The number of nitrogens with two attached hydrogens (primary N) is 1. The van der Waals surface area contributed by atoms with Crippen LogP contribution in [0.5, 0.6) is 5.75 Å². The molecule has 4 N–H and O–H groups in total. The van der Waals surface area contributed by atoms with E-state index in [4.69, 9.17) is 5.73 Å². The number of primary amides is 1. The largest absolute Gasteiger partial charge is 0.508 e. The molecule has 0 radical (unpaired) electrons. The number of aromatic hydroxyl groups is 1. The topological polar surface area (TPSA) is 79.1 Å². The van der Waals surface area contributed by atoms with E-state index >= 15 is 0 Å². The molecule has 0 aliphatic carbocycles. The Bertz CT molecular complexity index is 972. The minimum atomic E-state index is -4.42. The fraction of sp³-hybridized carbons (Fsp3) is 0.150. The zero-order chi connectivity index (χ0) is 19.8. The molecule has 140 valence electrons. The van der Waals surface area contributed by atoms with Crippen LogP contribution in [0.25, 0.3) is 22.5 Å². The summed E-state index contributed by atoms with van der Waals surface area (Å²) in [6, 6.07) is 10.9. The van der Waals surface area contributed by atoms with Crippen LogP contribution >= 0.6 is 0 Å². The lowest BCUT2D eigenvalue weighted by atomic mass is 9.98. The molecule has 1 heterocycles. The number of aromatic nitrogens is 1. The van der Waals surface area contributed by atoms with Gasteiger partial charge in [0.15, 0.2) is 0 Å². The van der Waals surface area contributed by atoms with Crippen molar-refractivity contribution in [3.05, 3.63) is 65.2 Å². The number of alkyl halides is 3. The lowest BCUT2D eigenvalue weighted by molar-refractivity contribution is -0.137. The predicted molar refractivity (Wildman–Crippen MR) is 96.2 cm³/mol. The molecule has 7 heteroatoms. The van der Waals surface area contributed by atoms with Crippen LogP contribution in [0.1, 0.15) is 28.4 Å². The quantitative estimate of drug-likeness (QED) is 0.617. The first-order valence-electron chi connectivity index (χ1n) is 8.24. The molecule has 0 aliphatic rings. The summed E-state index contributed by atoms with van der Waals surface area (Å²) in [5, 5.41) is 9.46. The first-order chi connectivity index (χ1) is 12.7. The molecule has 0 atom stereocenters. The molecule has 0 fully saturated rings. The summed E-state index contributed by atoms with van der Waals surface area (Å²) in [5.41, 5.74) is 7.91. The highest BCUT2D eigenvalue weighted by Crippen LogP contribution is 2.36. The van der Waals surface area contributed by atoms with Crippen molar-refractivity contribution in [2.24, 2.45) is 5.73 Å². The summed E-state index contributed by atoms with van der Waals surface area (Å²) in [5.74, 6) is -0.561. The molecule has 4 nitrogen and oxygen atoms in total. The Balaban J connectivity index is 2.17. The average molecular weight is 374 g/mol. The van der Waals surface area contributed by atoms with E-state index in [1.807, 2.05) is 6.92 Å². The molecule has 0 unspecified atom stereocenters. The Hall–Kier alpha value is -3.22. The van der Waals surface area contributed by atoms with Gasteiger partial charge in [-0.3, -0.25) is 4.79 Å². The second-order valence-electron chi connectivity index (χ2n) is 6.07. The number of aromatic amines is 1. The van der Waals surface area contributed by atoms with Crippen molar-refractivity contribution < 1.29 is 23.1 Å². The van der Waals surface area contributed by atoms with Crippen molar-refractivity contribution in [3.63, 3.8) is 0 Å². The van der Waals surface area contributed by atoms with Crippen molar-refractivity contribution in [2.75, 3.05) is 0 Å². The Morgan fingerprint density at radius 2 is 1.52 bits per heavy atom. The smallest absolute Gasteiger partial charge is 0.416 e. The van der Waals surface area contributed by atoms with Crippen molar-refractivity contribution in [1.29, 1.82) is 0 Å². The highest BCUT2D eigenvalue weighted by molar-refractivity contribution is 6.03. The molecule has 0 aliphatic heterocycles. The fourth-order valence-corrected chi connectivity index (χ4v) is 3.08. The number of benzene rings is 2.